The van der Waals surface area contributed by atoms with Crippen LogP contribution in [-0.4, -0.2) is 36.1 Å². The molecule has 7 nitrogen and oxygen atoms in total. The molecule has 1 aliphatic heterocycles. The number of nitrogens with zero attached hydrogens (tertiary/aromatic N) is 2. The summed E-state index contributed by atoms with van der Waals surface area (Å²) in [5.74, 6) is 1.53. The highest BCUT2D eigenvalue weighted by molar-refractivity contribution is 7.99. The van der Waals surface area contributed by atoms with Crippen molar-refractivity contribution < 1.29 is 23.8 Å². The number of fused-ring (bicyclic) bond motifs is 2. The van der Waals surface area contributed by atoms with E-state index in [1.165, 1.54) is 23.3 Å². The molecule has 4 rings (SSSR count). The number of methoxy groups -OCH3 is 1. The van der Waals surface area contributed by atoms with E-state index in [0.29, 0.717) is 16.3 Å². The van der Waals surface area contributed by atoms with Gasteiger partial charge in [-0.2, -0.15) is 4.99 Å². The zero-order chi connectivity index (χ0) is 21.1. The number of thiazole rings is 1. The molecule has 0 fully saturated rings. The van der Waals surface area contributed by atoms with E-state index in [1.807, 2.05) is 30.3 Å². The average molecular weight is 445 g/mol. The molecule has 156 valence electrons. The SMILES string of the molecule is CCSc1ccc(CC(=O)N=c2sc3cc4c(cc3n2CC(=O)OC)OCO4)cc1. The number of thioether (sulfide) groups is 1. The Morgan fingerprint density at radius 2 is 1.93 bits per heavy atom. The van der Waals surface area contributed by atoms with E-state index >= 15 is 0 Å². The number of carbonyl (C=O) groups excluding carboxylic acids is 2. The van der Waals surface area contributed by atoms with Gasteiger partial charge in [-0.1, -0.05) is 30.4 Å². The summed E-state index contributed by atoms with van der Waals surface area (Å²) in [5, 5.41) is 0. The Morgan fingerprint density at radius 1 is 1.20 bits per heavy atom. The van der Waals surface area contributed by atoms with Crippen molar-refractivity contribution in [3.63, 3.8) is 0 Å². The van der Waals surface area contributed by atoms with Gasteiger partial charge in [0.15, 0.2) is 16.3 Å². The van der Waals surface area contributed by atoms with Crippen LogP contribution in [0, 0.1) is 0 Å². The van der Waals surface area contributed by atoms with Crippen LogP contribution in [0.2, 0.25) is 0 Å². The number of carbonyl (C=O) groups is 2. The van der Waals surface area contributed by atoms with Gasteiger partial charge < -0.3 is 18.8 Å². The molecule has 9 heteroatoms. The second-order valence-electron chi connectivity index (χ2n) is 6.48. The topological polar surface area (TPSA) is 79.1 Å². The molecule has 0 radical (unpaired) electrons. The van der Waals surface area contributed by atoms with E-state index in [0.717, 1.165) is 21.5 Å². The monoisotopic (exact) mass is 444 g/mol. The van der Waals surface area contributed by atoms with Gasteiger partial charge in [0, 0.05) is 17.0 Å². The molecule has 0 saturated carbocycles. The van der Waals surface area contributed by atoms with Crippen LogP contribution in [0.1, 0.15) is 12.5 Å². The van der Waals surface area contributed by atoms with E-state index in [1.54, 1.807) is 22.4 Å². The second-order valence-corrected chi connectivity index (χ2v) is 8.83. The van der Waals surface area contributed by atoms with Gasteiger partial charge in [0.05, 0.1) is 23.7 Å². The molecule has 2 heterocycles. The predicted molar refractivity (Wildman–Crippen MR) is 115 cm³/mol. The van der Waals surface area contributed by atoms with Crippen molar-refractivity contribution in [1.29, 1.82) is 0 Å². The average Bonchev–Trinajstić information content (AvgIpc) is 3.32. The van der Waals surface area contributed by atoms with Crippen molar-refractivity contribution in [3.05, 3.63) is 46.8 Å². The predicted octanol–water partition coefficient (Wildman–Crippen LogP) is 3.39. The molecule has 0 spiro atoms. The fourth-order valence-electron chi connectivity index (χ4n) is 3.08. The molecule has 0 aliphatic carbocycles. The lowest BCUT2D eigenvalue weighted by Crippen LogP contribution is -2.22. The maximum atomic E-state index is 12.6. The lowest BCUT2D eigenvalue weighted by molar-refractivity contribution is -0.141. The second kappa shape index (κ2) is 8.93. The number of aromatic nitrogens is 1. The lowest BCUT2D eigenvalue weighted by Gasteiger charge is -2.04. The Hall–Kier alpha value is -2.78. The highest BCUT2D eigenvalue weighted by Crippen LogP contribution is 2.37. The molecule has 1 amide bonds. The van der Waals surface area contributed by atoms with Gasteiger partial charge in [0.2, 0.25) is 6.79 Å². The summed E-state index contributed by atoms with van der Waals surface area (Å²) < 4.78 is 18.2. The van der Waals surface area contributed by atoms with Crippen LogP contribution < -0.4 is 14.3 Å². The minimum atomic E-state index is -0.426. The van der Waals surface area contributed by atoms with Gasteiger partial charge in [-0.05, 0) is 23.4 Å². The van der Waals surface area contributed by atoms with Gasteiger partial charge >= 0.3 is 5.97 Å². The first-order chi connectivity index (χ1) is 14.6. The zero-order valence-electron chi connectivity index (χ0n) is 16.5. The van der Waals surface area contributed by atoms with Crippen LogP contribution in [0.3, 0.4) is 0 Å². The van der Waals surface area contributed by atoms with Crippen LogP contribution in [0.4, 0.5) is 0 Å². The Labute approximate surface area is 181 Å². The smallest absolute Gasteiger partial charge is 0.325 e. The summed E-state index contributed by atoms with van der Waals surface area (Å²) in [6.45, 7) is 2.21. The number of hydrogen-bond donors (Lipinski definition) is 0. The summed E-state index contributed by atoms with van der Waals surface area (Å²) in [7, 11) is 1.33. The molecule has 0 saturated heterocycles. The third kappa shape index (κ3) is 4.36. The minimum Gasteiger partial charge on any atom is -0.468 e. The molecule has 1 aliphatic rings. The molecule has 0 atom stereocenters. The van der Waals surface area contributed by atoms with Crippen molar-refractivity contribution in [3.8, 4) is 11.5 Å². The normalized spacial score (nSPS) is 13.1. The first-order valence-corrected chi connectivity index (χ1v) is 11.2. The molecule has 0 unspecified atom stereocenters. The van der Waals surface area contributed by atoms with Crippen LogP contribution in [-0.2, 0) is 27.3 Å². The van der Waals surface area contributed by atoms with E-state index in [-0.39, 0.29) is 25.7 Å². The van der Waals surface area contributed by atoms with Crippen molar-refractivity contribution in [1.82, 2.24) is 4.57 Å². The van der Waals surface area contributed by atoms with Crippen LogP contribution in [0.5, 0.6) is 11.5 Å². The van der Waals surface area contributed by atoms with Crippen LogP contribution in [0.25, 0.3) is 10.2 Å². The van der Waals surface area contributed by atoms with E-state index in [9.17, 15) is 9.59 Å². The highest BCUT2D eigenvalue weighted by atomic mass is 32.2. The molecule has 30 heavy (non-hydrogen) atoms. The third-order valence-electron chi connectivity index (χ3n) is 4.50. The van der Waals surface area contributed by atoms with Crippen molar-refractivity contribution in [2.75, 3.05) is 19.7 Å². The van der Waals surface area contributed by atoms with Gasteiger partial charge in [-0.25, -0.2) is 0 Å². The number of esters is 1. The summed E-state index contributed by atoms with van der Waals surface area (Å²) >= 11 is 3.07. The van der Waals surface area contributed by atoms with E-state index in [2.05, 4.69) is 11.9 Å². The summed E-state index contributed by atoms with van der Waals surface area (Å²) in [5.41, 5.74) is 1.63. The standard InChI is InChI=1S/C21H20N2O5S2/c1-3-29-14-6-4-13(5-7-14)8-19(24)22-21-23(11-20(25)26-2)15-9-16-17(28-12-27-16)10-18(15)30-21/h4-7,9-10H,3,8,11-12H2,1-2H3. The Kier molecular flexibility index (Phi) is 6.10. The van der Waals surface area contributed by atoms with Crippen molar-refractivity contribution in [2.24, 2.45) is 4.99 Å². The zero-order valence-corrected chi connectivity index (χ0v) is 18.2. The maximum absolute atomic E-state index is 12.6. The molecule has 1 aromatic heterocycles. The number of amides is 1. The summed E-state index contributed by atoms with van der Waals surface area (Å²) in [4.78, 5) is 30.5. The van der Waals surface area contributed by atoms with Gasteiger partial charge in [-0.15, -0.1) is 11.8 Å². The molecular formula is C21H20N2O5S2. The number of ether oxygens (including phenoxy) is 3. The Morgan fingerprint density at radius 3 is 2.63 bits per heavy atom. The highest BCUT2D eigenvalue weighted by Gasteiger charge is 2.19. The molecule has 2 aromatic carbocycles. The number of rotatable bonds is 6. The lowest BCUT2D eigenvalue weighted by atomic mass is 10.1. The number of hydrogen-bond acceptors (Lipinski definition) is 7. The van der Waals surface area contributed by atoms with Gasteiger partial charge in [0.25, 0.3) is 5.91 Å². The van der Waals surface area contributed by atoms with Gasteiger partial charge in [0.1, 0.15) is 6.54 Å². The van der Waals surface area contributed by atoms with Crippen molar-refractivity contribution in [2.45, 2.75) is 24.8 Å². The first-order valence-electron chi connectivity index (χ1n) is 9.36. The molecule has 0 bridgehead atoms. The quantitative estimate of drug-likeness (QED) is 0.428. The van der Waals surface area contributed by atoms with Gasteiger partial charge in [-0.3, -0.25) is 9.59 Å². The fourth-order valence-corrected chi connectivity index (χ4v) is 4.80. The van der Waals surface area contributed by atoms with Crippen LogP contribution in [0.15, 0.2) is 46.3 Å². The minimum absolute atomic E-state index is 0.0504. The Bertz CT molecular complexity index is 1160. The molecule has 3 aromatic rings. The van der Waals surface area contributed by atoms with Crippen LogP contribution >= 0.6 is 23.1 Å². The molecular weight excluding hydrogens is 424 g/mol. The molecule has 0 N–H and O–H groups in total. The first kappa shape index (κ1) is 20.5. The summed E-state index contributed by atoms with van der Waals surface area (Å²) in [6.07, 6.45) is 0.187. The van der Waals surface area contributed by atoms with E-state index in [4.69, 9.17) is 14.2 Å². The number of benzene rings is 2. The maximum Gasteiger partial charge on any atom is 0.325 e. The third-order valence-corrected chi connectivity index (χ3v) is 6.44. The summed E-state index contributed by atoms with van der Waals surface area (Å²) in [6, 6.07) is 11.5. The largest absolute Gasteiger partial charge is 0.468 e. The Balaban J connectivity index is 1.67. The fraction of sp³-hybridized carbons (Fsp3) is 0.286. The van der Waals surface area contributed by atoms with E-state index < -0.39 is 5.97 Å². The van der Waals surface area contributed by atoms with Crippen molar-refractivity contribution >= 4 is 45.2 Å².